The van der Waals surface area contributed by atoms with E-state index in [4.69, 9.17) is 4.74 Å². The zero-order valence-corrected chi connectivity index (χ0v) is 19.8. The number of ketones is 1. The Morgan fingerprint density at radius 2 is 2.07 bits per heavy atom. The zero-order chi connectivity index (χ0) is 18.4. The standard InChI is InChI=1S/C22H24NO4.CH3.Y/c24-10-8-21-6-5-16(26)20-22(21)7-9-23(12-13-1-2-13)17(21)11-14-3-4-15(25)19(27-20)18(14)22;;/h3-4,13,17,20,25H,1-2,5-9,11-12H2;1H3;/q2*-1;/t17-,20+,21-,22+;;/m1../s1. The predicted molar refractivity (Wildman–Crippen MR) is 104 cm³/mol. The molecule has 1 spiro atoms. The van der Waals surface area contributed by atoms with Crippen LogP contribution in [0.5, 0.6) is 11.5 Å². The molecule has 153 valence electrons. The van der Waals surface area contributed by atoms with Crippen LogP contribution in [0.2, 0.25) is 0 Å². The average molecular weight is 470 g/mol. The molecule has 6 heteroatoms. The van der Waals surface area contributed by atoms with Crippen molar-refractivity contribution < 1.29 is 52.1 Å². The van der Waals surface area contributed by atoms with Crippen molar-refractivity contribution in [3.8, 4) is 11.5 Å². The van der Waals surface area contributed by atoms with Gasteiger partial charge in [-0.2, -0.15) is 0 Å². The van der Waals surface area contributed by atoms with E-state index in [9.17, 15) is 14.7 Å². The number of hydrogen-bond acceptors (Lipinski definition) is 5. The number of Topliss-reactive ketones (excluding diaryl/α,β-unsaturated/α-hetero) is 1. The summed E-state index contributed by atoms with van der Waals surface area (Å²) in [5.41, 5.74) is 1.42. The summed E-state index contributed by atoms with van der Waals surface area (Å²) in [5.74, 6) is 1.52. The van der Waals surface area contributed by atoms with Crippen LogP contribution >= 0.6 is 0 Å². The van der Waals surface area contributed by atoms with Crippen molar-refractivity contribution >= 4 is 12.1 Å². The number of likely N-dealkylation sites (tertiary alicyclic amines) is 1. The minimum atomic E-state index is -0.562. The van der Waals surface area contributed by atoms with E-state index in [-0.39, 0.29) is 63.1 Å². The van der Waals surface area contributed by atoms with Crippen molar-refractivity contribution in [1.82, 2.24) is 4.90 Å². The quantitative estimate of drug-likeness (QED) is 0.686. The van der Waals surface area contributed by atoms with E-state index in [0.29, 0.717) is 18.6 Å². The van der Waals surface area contributed by atoms with Crippen LogP contribution in [0.1, 0.15) is 49.7 Å². The second-order valence-electron chi connectivity index (χ2n) is 9.27. The first kappa shape index (κ1) is 21.5. The van der Waals surface area contributed by atoms with Crippen LogP contribution in [-0.4, -0.2) is 47.3 Å². The van der Waals surface area contributed by atoms with Gasteiger partial charge in [-0.25, -0.2) is 0 Å². The number of piperidine rings is 1. The number of carbonyl (C=O) groups is 1. The minimum absolute atomic E-state index is 0. The molecule has 5 aliphatic rings. The number of hydrogen-bond donors (Lipinski definition) is 1. The molecule has 0 aromatic heterocycles. The number of phenols is 1. The molecule has 2 bridgehead atoms. The molecule has 1 aromatic carbocycles. The molecular formula is C23H27NO4Y-2. The first-order valence-corrected chi connectivity index (χ1v) is 10.2. The molecule has 1 N–H and O–H groups in total. The van der Waals surface area contributed by atoms with Crippen LogP contribution < -0.4 is 4.74 Å². The molecule has 5 nitrogen and oxygen atoms in total. The summed E-state index contributed by atoms with van der Waals surface area (Å²) in [7, 11) is 0. The molecule has 6 rings (SSSR count). The third kappa shape index (κ3) is 2.56. The average Bonchev–Trinajstić information content (AvgIpc) is 3.39. The van der Waals surface area contributed by atoms with Gasteiger partial charge in [-0.1, -0.05) is 6.07 Å². The monoisotopic (exact) mass is 470 g/mol. The molecular weight excluding hydrogens is 443 g/mol. The smallest absolute Gasteiger partial charge is 0.174 e. The maximum Gasteiger partial charge on any atom is 0.174 e. The molecule has 0 amide bonds. The summed E-state index contributed by atoms with van der Waals surface area (Å²) in [5, 5.41) is 10.5. The van der Waals surface area contributed by atoms with Gasteiger partial charge in [-0.15, -0.1) is 6.42 Å². The van der Waals surface area contributed by atoms with Gasteiger partial charge in [0.15, 0.2) is 23.4 Å². The van der Waals surface area contributed by atoms with Gasteiger partial charge in [0.05, 0.1) is 0 Å². The van der Waals surface area contributed by atoms with E-state index in [1.165, 1.54) is 18.4 Å². The third-order valence-corrected chi connectivity index (χ3v) is 8.21. The predicted octanol–water partition coefficient (Wildman–Crippen LogP) is 2.73. The van der Waals surface area contributed by atoms with Crippen molar-refractivity contribution in [3.63, 3.8) is 0 Å². The van der Waals surface area contributed by atoms with E-state index < -0.39 is 11.5 Å². The van der Waals surface area contributed by atoms with Crippen LogP contribution in [0.4, 0.5) is 0 Å². The summed E-state index contributed by atoms with van der Waals surface area (Å²) < 4.78 is 6.17. The first-order valence-electron chi connectivity index (χ1n) is 10.2. The molecule has 2 heterocycles. The van der Waals surface area contributed by atoms with Crippen molar-refractivity contribution in [1.29, 1.82) is 0 Å². The fourth-order valence-electron chi connectivity index (χ4n) is 6.96. The van der Waals surface area contributed by atoms with Crippen LogP contribution in [0.15, 0.2) is 12.1 Å². The molecule has 3 aliphatic carbocycles. The third-order valence-electron chi connectivity index (χ3n) is 8.21. The molecule has 2 saturated carbocycles. The van der Waals surface area contributed by atoms with Crippen molar-refractivity contribution in [2.75, 3.05) is 13.1 Å². The number of benzene rings is 1. The molecule has 29 heavy (non-hydrogen) atoms. The van der Waals surface area contributed by atoms with Crippen molar-refractivity contribution in [2.24, 2.45) is 11.3 Å². The topological polar surface area (TPSA) is 66.8 Å². The molecule has 4 atom stereocenters. The molecule has 0 unspecified atom stereocenters. The van der Waals surface area contributed by atoms with Crippen molar-refractivity contribution in [3.05, 3.63) is 30.7 Å². The van der Waals surface area contributed by atoms with E-state index in [0.717, 1.165) is 43.8 Å². The molecule has 1 saturated heterocycles. The van der Waals surface area contributed by atoms with E-state index in [1.54, 1.807) is 6.07 Å². The van der Waals surface area contributed by atoms with Crippen LogP contribution in [-0.2, 0) is 54.1 Å². The number of ether oxygens (including phenoxy) is 1. The van der Waals surface area contributed by atoms with Gasteiger partial charge < -0.3 is 22.1 Å². The zero-order valence-electron chi connectivity index (χ0n) is 16.9. The first-order chi connectivity index (χ1) is 13.1. The van der Waals surface area contributed by atoms with Crippen LogP contribution in [0.25, 0.3) is 0 Å². The molecule has 3 fully saturated rings. The summed E-state index contributed by atoms with van der Waals surface area (Å²) >= 11 is 0. The summed E-state index contributed by atoms with van der Waals surface area (Å²) in [6, 6.07) is 3.95. The Labute approximate surface area is 197 Å². The van der Waals surface area contributed by atoms with Gasteiger partial charge in [0.1, 0.15) is 0 Å². The van der Waals surface area contributed by atoms with Gasteiger partial charge in [-0.3, -0.25) is 16.0 Å². The summed E-state index contributed by atoms with van der Waals surface area (Å²) in [4.78, 5) is 27.3. The Hall–Kier alpha value is -0.776. The Bertz CT molecular complexity index is 869. The number of nitrogens with zero attached hydrogens (tertiary/aromatic N) is 1. The Kier molecular flexibility index (Phi) is 5.28. The number of rotatable bonds is 4. The summed E-state index contributed by atoms with van der Waals surface area (Å²) in [6.45, 7) is 2.03. The SMILES string of the molecule is O=[C-]C[C@@]12CCC(=O)[C@@H]3Oc4c(O)ccc5c4[C@@]31CCN(CC1CC1)[C@@H]2C5.[CH3-].[Y]. The Morgan fingerprint density at radius 3 is 2.79 bits per heavy atom. The van der Waals surface area contributed by atoms with Crippen LogP contribution in [0.3, 0.4) is 0 Å². The van der Waals surface area contributed by atoms with Gasteiger partial charge in [0.2, 0.25) is 0 Å². The number of phenolic OH excluding ortho intramolecular Hbond substituents is 1. The maximum atomic E-state index is 12.9. The second-order valence-corrected chi connectivity index (χ2v) is 9.27. The maximum absolute atomic E-state index is 12.9. The van der Waals surface area contributed by atoms with E-state index in [1.807, 2.05) is 6.07 Å². The Morgan fingerprint density at radius 1 is 1.28 bits per heavy atom. The van der Waals surface area contributed by atoms with Crippen LogP contribution in [0, 0.1) is 18.8 Å². The fourth-order valence-corrected chi connectivity index (χ4v) is 6.96. The number of carbonyl (C=O) groups excluding carboxylic acids is 2. The normalized spacial score (nSPS) is 36.3. The largest absolute Gasteiger partial charge is 0.542 e. The Balaban J connectivity index is 0.00000102. The van der Waals surface area contributed by atoms with Gasteiger partial charge in [-0.05, 0) is 61.6 Å². The van der Waals surface area contributed by atoms with E-state index in [2.05, 4.69) is 11.2 Å². The van der Waals surface area contributed by atoms with Crippen molar-refractivity contribution in [2.45, 2.75) is 62.5 Å². The summed E-state index contributed by atoms with van der Waals surface area (Å²) in [6.07, 6.45) is 7.49. The minimum Gasteiger partial charge on any atom is -0.542 e. The van der Waals surface area contributed by atoms with E-state index >= 15 is 0 Å². The fraction of sp³-hybridized carbons (Fsp3) is 0.609. The molecule has 1 radical (unpaired) electrons. The van der Waals surface area contributed by atoms with Gasteiger partial charge >= 0.3 is 0 Å². The van der Waals surface area contributed by atoms with Gasteiger partial charge in [0, 0.05) is 62.7 Å². The second kappa shape index (κ2) is 7.14. The molecule has 2 aliphatic heterocycles. The van der Waals surface area contributed by atoms with Gasteiger partial charge in [0.25, 0.3) is 0 Å². The molecule has 1 aromatic rings. The number of aromatic hydroxyl groups is 1.